The van der Waals surface area contributed by atoms with Crippen LogP contribution in [0.25, 0.3) is 0 Å². The molecule has 0 radical (unpaired) electrons. The fraction of sp³-hybridized carbons (Fsp3) is 0.636. The lowest BCUT2D eigenvalue weighted by molar-refractivity contribution is -0.126. The van der Waals surface area contributed by atoms with Crippen molar-refractivity contribution in [3.8, 4) is 6.07 Å². The van der Waals surface area contributed by atoms with E-state index in [1.54, 1.807) is 4.90 Å². The maximum atomic E-state index is 11.7. The summed E-state index contributed by atoms with van der Waals surface area (Å²) in [4.78, 5) is 13.4. The Morgan fingerprint density at radius 3 is 2.93 bits per heavy atom. The standard InChI is InChI=1S/C11H14N2O2/c1-7(14)13-5-4-9-10(15)3-2-8(6-12)11(9)13/h8-9,11,14H,1-5H2. The Morgan fingerprint density at radius 1 is 1.60 bits per heavy atom. The zero-order valence-electron chi connectivity index (χ0n) is 8.52. The van der Waals surface area contributed by atoms with Gasteiger partial charge in [-0.1, -0.05) is 0 Å². The number of carbonyl (C=O) groups excluding carboxylic acids is 1. The molecule has 1 saturated heterocycles. The molecule has 0 spiro atoms. The van der Waals surface area contributed by atoms with E-state index in [2.05, 4.69) is 12.6 Å². The Balaban J connectivity index is 2.27. The summed E-state index contributed by atoms with van der Waals surface area (Å²) in [6, 6.07) is 2.09. The number of fused-ring (bicyclic) bond motifs is 1. The number of nitriles is 1. The van der Waals surface area contributed by atoms with Crippen LogP contribution in [0.2, 0.25) is 0 Å². The summed E-state index contributed by atoms with van der Waals surface area (Å²) in [5.41, 5.74) is 0. The number of rotatable bonds is 1. The van der Waals surface area contributed by atoms with E-state index >= 15 is 0 Å². The summed E-state index contributed by atoms with van der Waals surface area (Å²) in [6.07, 6.45) is 1.85. The van der Waals surface area contributed by atoms with Crippen LogP contribution in [0.5, 0.6) is 0 Å². The third-order valence-corrected chi connectivity index (χ3v) is 3.48. The summed E-state index contributed by atoms with van der Waals surface area (Å²) in [6.45, 7) is 4.12. The van der Waals surface area contributed by atoms with Crippen molar-refractivity contribution < 1.29 is 9.90 Å². The van der Waals surface area contributed by atoms with Crippen molar-refractivity contribution in [1.29, 1.82) is 5.26 Å². The minimum Gasteiger partial charge on any atom is -0.495 e. The monoisotopic (exact) mass is 206 g/mol. The van der Waals surface area contributed by atoms with E-state index in [4.69, 9.17) is 5.26 Å². The number of hydrogen-bond donors (Lipinski definition) is 1. The number of ketones is 1. The van der Waals surface area contributed by atoms with E-state index < -0.39 is 0 Å². The lowest BCUT2D eigenvalue weighted by atomic mass is 9.77. The number of carbonyl (C=O) groups is 1. The van der Waals surface area contributed by atoms with Gasteiger partial charge in [0.25, 0.3) is 0 Å². The molecular weight excluding hydrogens is 192 g/mol. The van der Waals surface area contributed by atoms with Crippen LogP contribution in [0.4, 0.5) is 0 Å². The number of likely N-dealkylation sites (tertiary alicyclic amines) is 1. The van der Waals surface area contributed by atoms with Gasteiger partial charge in [-0.25, -0.2) is 0 Å². The molecule has 1 heterocycles. The van der Waals surface area contributed by atoms with Gasteiger partial charge in [0.05, 0.1) is 18.0 Å². The maximum absolute atomic E-state index is 11.7. The number of hydrogen-bond acceptors (Lipinski definition) is 4. The molecule has 80 valence electrons. The van der Waals surface area contributed by atoms with Gasteiger partial charge in [-0.15, -0.1) is 0 Å². The molecule has 2 aliphatic rings. The zero-order valence-corrected chi connectivity index (χ0v) is 8.52. The molecule has 3 unspecified atom stereocenters. The lowest BCUT2D eigenvalue weighted by Crippen LogP contribution is -2.43. The van der Waals surface area contributed by atoms with Crippen molar-refractivity contribution in [1.82, 2.24) is 4.90 Å². The maximum Gasteiger partial charge on any atom is 0.179 e. The number of aliphatic hydroxyl groups excluding tert-OH is 1. The Labute approximate surface area is 88.8 Å². The normalized spacial score (nSPS) is 34.7. The first-order valence-electron chi connectivity index (χ1n) is 5.22. The van der Waals surface area contributed by atoms with Crippen molar-refractivity contribution in [3.05, 3.63) is 12.5 Å². The third kappa shape index (κ3) is 1.48. The summed E-state index contributed by atoms with van der Waals surface area (Å²) in [5.74, 6) is -0.0147. The van der Waals surface area contributed by atoms with Gasteiger partial charge in [0.15, 0.2) is 5.88 Å². The van der Waals surface area contributed by atoms with Crippen LogP contribution in [-0.2, 0) is 4.79 Å². The fourth-order valence-corrected chi connectivity index (χ4v) is 2.76. The van der Waals surface area contributed by atoms with Gasteiger partial charge in [0, 0.05) is 18.9 Å². The second-order valence-electron chi connectivity index (χ2n) is 4.24. The Kier molecular flexibility index (Phi) is 2.39. The topological polar surface area (TPSA) is 64.3 Å². The molecule has 2 rings (SSSR count). The van der Waals surface area contributed by atoms with Gasteiger partial charge in [-0.3, -0.25) is 4.79 Å². The zero-order chi connectivity index (χ0) is 11.0. The SMILES string of the molecule is C=C(O)N1CCC2C(=O)CCC(C#N)C21. The van der Waals surface area contributed by atoms with E-state index in [0.717, 1.165) is 6.42 Å². The second kappa shape index (κ2) is 3.58. The summed E-state index contributed by atoms with van der Waals surface area (Å²) < 4.78 is 0. The Bertz CT molecular complexity index is 339. The molecular formula is C11H14N2O2. The summed E-state index contributed by atoms with van der Waals surface area (Å²) in [7, 11) is 0. The molecule has 1 aliphatic carbocycles. The smallest absolute Gasteiger partial charge is 0.179 e. The molecule has 0 aromatic heterocycles. The molecule has 4 nitrogen and oxygen atoms in total. The molecule has 1 saturated carbocycles. The van der Waals surface area contributed by atoms with Crippen LogP contribution in [0, 0.1) is 23.2 Å². The van der Waals surface area contributed by atoms with E-state index in [0.29, 0.717) is 19.4 Å². The third-order valence-electron chi connectivity index (χ3n) is 3.48. The van der Waals surface area contributed by atoms with E-state index in [1.807, 2.05) is 0 Å². The Hall–Kier alpha value is -1.50. The van der Waals surface area contributed by atoms with Crippen molar-refractivity contribution in [3.63, 3.8) is 0 Å². The van der Waals surface area contributed by atoms with E-state index in [-0.39, 0.29) is 29.5 Å². The highest BCUT2D eigenvalue weighted by Crippen LogP contribution is 2.38. The van der Waals surface area contributed by atoms with Crippen LogP contribution >= 0.6 is 0 Å². The van der Waals surface area contributed by atoms with Gasteiger partial charge in [0.1, 0.15) is 5.78 Å². The van der Waals surface area contributed by atoms with E-state index in [9.17, 15) is 9.90 Å². The van der Waals surface area contributed by atoms with Crippen LogP contribution in [0.15, 0.2) is 12.5 Å². The molecule has 15 heavy (non-hydrogen) atoms. The average molecular weight is 206 g/mol. The number of aliphatic hydroxyl groups is 1. The van der Waals surface area contributed by atoms with Gasteiger partial charge >= 0.3 is 0 Å². The quantitative estimate of drug-likeness (QED) is 0.655. The first-order chi connectivity index (χ1) is 7.15. The van der Waals surface area contributed by atoms with E-state index in [1.165, 1.54) is 0 Å². The first kappa shape index (κ1) is 10.0. The molecule has 1 N–H and O–H groups in total. The summed E-state index contributed by atoms with van der Waals surface area (Å²) in [5, 5.41) is 18.4. The van der Waals surface area contributed by atoms with Gasteiger partial charge in [0.2, 0.25) is 0 Å². The van der Waals surface area contributed by atoms with Crippen LogP contribution in [0.3, 0.4) is 0 Å². The van der Waals surface area contributed by atoms with Gasteiger partial charge in [-0.05, 0) is 19.4 Å². The molecule has 0 amide bonds. The highest BCUT2D eigenvalue weighted by Gasteiger charge is 2.46. The molecule has 1 aliphatic heterocycles. The van der Waals surface area contributed by atoms with Crippen molar-refractivity contribution >= 4 is 5.78 Å². The molecule has 3 atom stereocenters. The minimum atomic E-state index is -0.154. The molecule has 0 aromatic rings. The van der Waals surface area contributed by atoms with Crippen LogP contribution in [-0.4, -0.2) is 28.4 Å². The Morgan fingerprint density at radius 2 is 2.33 bits per heavy atom. The molecule has 0 bridgehead atoms. The lowest BCUT2D eigenvalue weighted by Gasteiger charge is -2.34. The largest absolute Gasteiger partial charge is 0.495 e. The predicted octanol–water partition coefficient (Wildman–Crippen LogP) is 1.21. The molecule has 4 heteroatoms. The average Bonchev–Trinajstić information content (AvgIpc) is 2.64. The number of Topliss-reactive ketones (excluding diaryl/α,β-unsaturated/α-hetero) is 1. The summed E-state index contributed by atoms with van der Waals surface area (Å²) >= 11 is 0. The predicted molar refractivity (Wildman–Crippen MR) is 53.7 cm³/mol. The van der Waals surface area contributed by atoms with Gasteiger partial charge in [-0.2, -0.15) is 5.26 Å². The van der Waals surface area contributed by atoms with Crippen molar-refractivity contribution in [2.45, 2.75) is 25.3 Å². The van der Waals surface area contributed by atoms with Crippen LogP contribution < -0.4 is 0 Å². The first-order valence-corrected chi connectivity index (χ1v) is 5.22. The highest BCUT2D eigenvalue weighted by atomic mass is 16.3. The molecule has 0 aromatic carbocycles. The minimum absolute atomic E-state index is 0.0163. The van der Waals surface area contributed by atoms with Crippen molar-refractivity contribution in [2.75, 3.05) is 6.54 Å². The highest BCUT2D eigenvalue weighted by molar-refractivity contribution is 5.83. The van der Waals surface area contributed by atoms with Crippen LogP contribution in [0.1, 0.15) is 19.3 Å². The fourth-order valence-electron chi connectivity index (χ4n) is 2.76. The van der Waals surface area contributed by atoms with Crippen molar-refractivity contribution in [2.24, 2.45) is 11.8 Å². The second-order valence-corrected chi connectivity index (χ2v) is 4.24. The number of nitrogens with zero attached hydrogens (tertiary/aromatic N) is 2. The van der Waals surface area contributed by atoms with Gasteiger partial charge < -0.3 is 10.0 Å². The molecule has 2 fully saturated rings.